The Morgan fingerprint density at radius 2 is 1.15 bits per heavy atom. The maximum atomic E-state index is 7.72. The molecule has 0 aliphatic carbocycles. The van der Waals surface area contributed by atoms with Gasteiger partial charge in [-0.15, -0.1) is 0 Å². The third-order valence-corrected chi connectivity index (χ3v) is 8.47. The van der Waals surface area contributed by atoms with E-state index in [1.54, 1.807) is 0 Å². The summed E-state index contributed by atoms with van der Waals surface area (Å²) in [6, 6.07) is 46.7. The minimum absolute atomic E-state index is 0.545. The maximum absolute atomic E-state index is 7.72. The molecular formula is C40H23N5O. The molecule has 214 valence electrons. The van der Waals surface area contributed by atoms with E-state index in [1.165, 1.54) is 5.39 Å². The highest BCUT2D eigenvalue weighted by Crippen LogP contribution is 2.38. The van der Waals surface area contributed by atoms with Crippen LogP contribution in [0.5, 0.6) is 0 Å². The summed E-state index contributed by atoms with van der Waals surface area (Å²) in [5.41, 5.74) is 7.86. The largest absolute Gasteiger partial charge is 0.457 e. The van der Waals surface area contributed by atoms with E-state index in [-0.39, 0.29) is 0 Å². The zero-order valence-electron chi connectivity index (χ0n) is 24.4. The van der Waals surface area contributed by atoms with E-state index in [0.717, 1.165) is 49.6 Å². The highest BCUT2D eigenvalue weighted by molar-refractivity contribution is 6.13. The molecule has 0 atom stereocenters. The normalized spacial score (nSPS) is 11.5. The summed E-state index contributed by atoms with van der Waals surface area (Å²) >= 11 is 0. The van der Waals surface area contributed by atoms with Gasteiger partial charge < -0.3 is 8.98 Å². The van der Waals surface area contributed by atoms with E-state index in [1.807, 2.05) is 72.8 Å². The van der Waals surface area contributed by atoms with Crippen molar-refractivity contribution in [1.29, 1.82) is 0 Å². The van der Waals surface area contributed by atoms with Crippen LogP contribution in [0, 0.1) is 6.57 Å². The fraction of sp³-hybridized carbons (Fsp3) is 0. The van der Waals surface area contributed by atoms with Crippen molar-refractivity contribution in [3.63, 3.8) is 0 Å². The quantitative estimate of drug-likeness (QED) is 0.192. The summed E-state index contributed by atoms with van der Waals surface area (Å²) in [6.07, 6.45) is 0. The zero-order valence-corrected chi connectivity index (χ0v) is 24.4. The van der Waals surface area contributed by atoms with Gasteiger partial charge in [-0.05, 0) is 48.5 Å². The number of aromatic nitrogens is 4. The SMILES string of the molecule is [C-]#[N+]c1cccc2oc3ccc(-c4nc(-c5ccccc5)nc(-c5ccc6c7ccccc7n(-c7ccccc7)c6c5)n4)cc3c12. The van der Waals surface area contributed by atoms with Crippen LogP contribution >= 0.6 is 0 Å². The van der Waals surface area contributed by atoms with Crippen LogP contribution in [0.1, 0.15) is 0 Å². The number of rotatable bonds is 4. The van der Waals surface area contributed by atoms with Gasteiger partial charge in [-0.2, -0.15) is 0 Å². The average molecular weight is 590 g/mol. The summed E-state index contributed by atoms with van der Waals surface area (Å²) < 4.78 is 8.38. The lowest BCUT2D eigenvalue weighted by Crippen LogP contribution is -2.00. The lowest BCUT2D eigenvalue weighted by atomic mass is 10.1. The van der Waals surface area contributed by atoms with Gasteiger partial charge in [0, 0.05) is 43.9 Å². The molecule has 0 saturated carbocycles. The molecule has 0 N–H and O–H groups in total. The van der Waals surface area contributed by atoms with Gasteiger partial charge in [-0.3, -0.25) is 0 Å². The second-order valence-corrected chi connectivity index (χ2v) is 11.2. The fourth-order valence-electron chi connectivity index (χ4n) is 6.36. The van der Waals surface area contributed by atoms with Crippen molar-refractivity contribution in [2.75, 3.05) is 0 Å². The molecule has 0 bridgehead atoms. The maximum Gasteiger partial charge on any atom is 0.198 e. The van der Waals surface area contributed by atoms with Crippen LogP contribution in [-0.4, -0.2) is 19.5 Å². The molecule has 0 fully saturated rings. The number of hydrogen-bond donors (Lipinski definition) is 0. The first-order valence-electron chi connectivity index (χ1n) is 15.0. The van der Waals surface area contributed by atoms with Crippen molar-refractivity contribution in [3.05, 3.63) is 151 Å². The summed E-state index contributed by atoms with van der Waals surface area (Å²) in [5.74, 6) is 1.71. The molecule has 0 radical (unpaired) electrons. The Morgan fingerprint density at radius 1 is 0.500 bits per heavy atom. The second kappa shape index (κ2) is 10.3. The Bertz CT molecular complexity index is 2650. The lowest BCUT2D eigenvalue weighted by molar-refractivity contribution is 0.669. The smallest absolute Gasteiger partial charge is 0.198 e. The van der Waals surface area contributed by atoms with Gasteiger partial charge in [0.1, 0.15) is 11.2 Å². The lowest BCUT2D eigenvalue weighted by Gasteiger charge is -2.10. The first-order chi connectivity index (χ1) is 22.7. The number of benzene rings is 6. The van der Waals surface area contributed by atoms with Gasteiger partial charge in [-0.25, -0.2) is 19.8 Å². The first kappa shape index (κ1) is 25.9. The van der Waals surface area contributed by atoms with Crippen LogP contribution in [0.25, 0.3) is 88.4 Å². The molecule has 0 aliphatic heterocycles. The molecule has 0 amide bonds. The van der Waals surface area contributed by atoms with Crippen LogP contribution in [0.4, 0.5) is 5.69 Å². The summed E-state index contributed by atoms with van der Waals surface area (Å²) in [4.78, 5) is 18.8. The van der Waals surface area contributed by atoms with Crippen molar-refractivity contribution < 1.29 is 4.42 Å². The molecule has 46 heavy (non-hydrogen) atoms. The van der Waals surface area contributed by atoms with Crippen molar-refractivity contribution in [3.8, 4) is 39.9 Å². The van der Waals surface area contributed by atoms with Gasteiger partial charge in [0.15, 0.2) is 23.2 Å². The number of para-hydroxylation sites is 2. The standard InChI is InChI=1S/C40H23N5O/c1-41-32-16-10-18-36-37(32)31-23-26(20-22-35(31)46-36)39-42-38(25-11-4-2-5-12-25)43-40(44-39)27-19-21-30-29-15-8-9-17-33(29)45(34(30)24-27)28-13-6-3-7-14-28/h2-24H. The molecule has 6 nitrogen and oxygen atoms in total. The van der Waals surface area contributed by atoms with Gasteiger partial charge in [0.2, 0.25) is 0 Å². The van der Waals surface area contributed by atoms with Crippen LogP contribution in [0.3, 0.4) is 0 Å². The molecule has 0 spiro atoms. The van der Waals surface area contributed by atoms with Crippen LogP contribution in [-0.2, 0) is 0 Å². The minimum Gasteiger partial charge on any atom is -0.457 e. The number of fused-ring (bicyclic) bond motifs is 6. The van der Waals surface area contributed by atoms with E-state index in [2.05, 4.69) is 76.1 Å². The molecule has 0 saturated heterocycles. The highest BCUT2D eigenvalue weighted by atomic mass is 16.3. The molecule has 6 aromatic carbocycles. The Morgan fingerprint density at radius 3 is 1.93 bits per heavy atom. The molecule has 3 heterocycles. The van der Waals surface area contributed by atoms with Gasteiger partial charge in [-0.1, -0.05) is 91.0 Å². The van der Waals surface area contributed by atoms with Crippen molar-refractivity contribution in [2.24, 2.45) is 0 Å². The predicted octanol–water partition coefficient (Wildman–Crippen LogP) is 10.4. The van der Waals surface area contributed by atoms with Crippen LogP contribution in [0.15, 0.2) is 144 Å². The molecule has 0 aliphatic rings. The van der Waals surface area contributed by atoms with Gasteiger partial charge >= 0.3 is 0 Å². The molecule has 9 aromatic rings. The Labute approximate surface area is 263 Å². The fourth-order valence-corrected chi connectivity index (χ4v) is 6.36. The number of hydrogen-bond acceptors (Lipinski definition) is 4. The Balaban J connectivity index is 1.28. The first-order valence-corrected chi connectivity index (χ1v) is 15.0. The van der Waals surface area contributed by atoms with Crippen molar-refractivity contribution in [2.45, 2.75) is 0 Å². The van der Waals surface area contributed by atoms with Crippen molar-refractivity contribution >= 4 is 49.4 Å². The average Bonchev–Trinajstić information content (AvgIpc) is 3.67. The topological polar surface area (TPSA) is 61.1 Å². The highest BCUT2D eigenvalue weighted by Gasteiger charge is 2.18. The van der Waals surface area contributed by atoms with Gasteiger partial charge in [0.25, 0.3) is 0 Å². The molecule has 0 unspecified atom stereocenters. The van der Waals surface area contributed by atoms with E-state index >= 15 is 0 Å². The minimum atomic E-state index is 0.545. The number of nitrogens with zero attached hydrogens (tertiary/aromatic N) is 5. The van der Waals surface area contributed by atoms with E-state index in [4.69, 9.17) is 25.9 Å². The third kappa shape index (κ3) is 4.07. The van der Waals surface area contributed by atoms with E-state index in [0.29, 0.717) is 34.3 Å². The zero-order chi connectivity index (χ0) is 30.6. The Kier molecular flexibility index (Phi) is 5.77. The third-order valence-electron chi connectivity index (χ3n) is 8.47. The summed E-state index contributed by atoms with van der Waals surface area (Å²) in [7, 11) is 0. The Hall–Kier alpha value is -6.58. The molecule has 6 heteroatoms. The summed E-state index contributed by atoms with van der Waals surface area (Å²) in [6.45, 7) is 7.72. The number of furan rings is 1. The monoisotopic (exact) mass is 589 g/mol. The van der Waals surface area contributed by atoms with Crippen LogP contribution in [0.2, 0.25) is 0 Å². The molecular weight excluding hydrogens is 566 g/mol. The van der Waals surface area contributed by atoms with E-state index in [9.17, 15) is 0 Å². The summed E-state index contributed by atoms with van der Waals surface area (Å²) in [5, 5.41) is 4.00. The second-order valence-electron chi connectivity index (χ2n) is 11.2. The van der Waals surface area contributed by atoms with Crippen molar-refractivity contribution in [1.82, 2.24) is 19.5 Å². The predicted molar refractivity (Wildman–Crippen MR) is 184 cm³/mol. The molecule has 9 rings (SSSR count). The van der Waals surface area contributed by atoms with Crippen LogP contribution < -0.4 is 0 Å². The molecule has 3 aromatic heterocycles. The van der Waals surface area contributed by atoms with E-state index < -0.39 is 0 Å². The van der Waals surface area contributed by atoms with Gasteiger partial charge in [0.05, 0.1) is 17.6 Å².